The number of hydrogen-bond donors (Lipinski definition) is 0. The first kappa shape index (κ1) is 24.9. The summed E-state index contributed by atoms with van der Waals surface area (Å²) >= 11 is 13.8. The van der Waals surface area contributed by atoms with E-state index < -0.39 is 0 Å². The van der Waals surface area contributed by atoms with Crippen molar-refractivity contribution in [3.8, 4) is 11.3 Å². The maximum atomic E-state index is 14.6. The average Bonchev–Trinajstić information content (AvgIpc) is 3.59. The number of nitrogens with zero attached hydrogens (tertiary/aromatic N) is 4. The minimum Gasteiger partial charge on any atom is -0.305 e. The topological polar surface area (TPSA) is 52.2 Å². The van der Waals surface area contributed by atoms with E-state index in [-0.39, 0.29) is 11.0 Å². The van der Waals surface area contributed by atoms with Crippen LogP contribution in [0.1, 0.15) is 47.9 Å². The lowest BCUT2D eigenvalue weighted by Gasteiger charge is -2.37. The van der Waals surface area contributed by atoms with Gasteiger partial charge in [-0.3, -0.25) is 4.79 Å². The summed E-state index contributed by atoms with van der Waals surface area (Å²) in [4.78, 5) is 14.6. The lowest BCUT2D eigenvalue weighted by molar-refractivity contribution is 0.422. The second kappa shape index (κ2) is 9.84. The van der Waals surface area contributed by atoms with E-state index in [1.54, 1.807) is 4.40 Å². The first-order valence-electron chi connectivity index (χ1n) is 13.2. The Kier molecular flexibility index (Phi) is 6.30. The Morgan fingerprint density at radius 3 is 2.23 bits per heavy atom. The maximum Gasteiger partial charge on any atom is 0.265 e. The van der Waals surface area contributed by atoms with E-state index in [1.807, 2.05) is 48.5 Å². The van der Waals surface area contributed by atoms with Crippen LogP contribution in [0.15, 0.2) is 82.7 Å². The molecule has 8 heteroatoms. The molecular formula is C31H26Cl2N4OS. The van der Waals surface area contributed by atoms with Crippen LogP contribution < -0.4 is 5.56 Å². The molecule has 0 radical (unpaired) electrons. The number of rotatable bonds is 5. The van der Waals surface area contributed by atoms with E-state index in [4.69, 9.17) is 23.2 Å². The fourth-order valence-corrected chi connectivity index (χ4v) is 7.53. The van der Waals surface area contributed by atoms with Crippen molar-refractivity contribution < 1.29 is 0 Å². The van der Waals surface area contributed by atoms with E-state index in [2.05, 4.69) is 39.0 Å². The van der Waals surface area contributed by atoms with Gasteiger partial charge in [-0.25, -0.2) is 4.40 Å². The third kappa shape index (κ3) is 4.30. The monoisotopic (exact) mass is 572 g/mol. The molecule has 1 saturated carbocycles. The number of hydrogen-bond acceptors (Lipinski definition) is 4. The van der Waals surface area contributed by atoms with Crippen molar-refractivity contribution in [2.75, 3.05) is 0 Å². The fourth-order valence-electron chi connectivity index (χ4n) is 6.40. The predicted molar refractivity (Wildman–Crippen MR) is 158 cm³/mol. The number of benzene rings is 3. The predicted octanol–water partition coefficient (Wildman–Crippen LogP) is 7.57. The molecule has 7 rings (SSSR count). The zero-order chi connectivity index (χ0) is 26.6. The molecule has 5 aromatic rings. The number of thioether (sulfide) groups is 1. The molecule has 0 saturated heterocycles. The number of halogens is 2. The van der Waals surface area contributed by atoms with Gasteiger partial charge in [0.15, 0.2) is 5.16 Å². The van der Waals surface area contributed by atoms with Crippen molar-refractivity contribution in [3.05, 3.63) is 115 Å². The molecular weight excluding hydrogens is 547 g/mol. The highest BCUT2D eigenvalue weighted by Crippen LogP contribution is 2.50. The molecule has 5 nitrogen and oxygen atoms in total. The van der Waals surface area contributed by atoms with Crippen molar-refractivity contribution in [2.45, 2.75) is 55.0 Å². The highest BCUT2D eigenvalue weighted by molar-refractivity contribution is 7.98. The Hall–Kier alpha value is -3.06. The van der Waals surface area contributed by atoms with Gasteiger partial charge in [-0.05, 0) is 60.2 Å². The Morgan fingerprint density at radius 1 is 0.846 bits per heavy atom. The number of fused-ring (bicyclic) bond motifs is 5. The van der Waals surface area contributed by atoms with Gasteiger partial charge >= 0.3 is 0 Å². The fraction of sp³-hybridized carbons (Fsp3) is 0.258. The normalized spacial score (nSPS) is 15.5. The third-order valence-electron chi connectivity index (χ3n) is 8.21. The summed E-state index contributed by atoms with van der Waals surface area (Å²) in [5.41, 5.74) is 6.40. The van der Waals surface area contributed by atoms with Crippen molar-refractivity contribution in [1.82, 2.24) is 19.2 Å². The largest absolute Gasteiger partial charge is 0.305 e. The van der Waals surface area contributed by atoms with Gasteiger partial charge in [0.05, 0.1) is 12.2 Å². The van der Waals surface area contributed by atoms with Crippen LogP contribution in [0.4, 0.5) is 0 Å². The Balaban J connectivity index is 1.46. The summed E-state index contributed by atoms with van der Waals surface area (Å²) < 4.78 is 3.96. The zero-order valence-electron chi connectivity index (χ0n) is 21.2. The summed E-state index contributed by atoms with van der Waals surface area (Å²) in [6.45, 7) is 0.563. The smallest absolute Gasteiger partial charge is 0.265 e. The molecule has 0 atom stereocenters. The molecule has 0 amide bonds. The van der Waals surface area contributed by atoms with Crippen LogP contribution in [-0.4, -0.2) is 19.2 Å². The van der Waals surface area contributed by atoms with Crippen molar-refractivity contribution in [2.24, 2.45) is 0 Å². The van der Waals surface area contributed by atoms with Gasteiger partial charge in [-0.2, -0.15) is 0 Å². The minimum absolute atomic E-state index is 0.0207. The summed E-state index contributed by atoms with van der Waals surface area (Å²) in [5, 5.41) is 11.2. The van der Waals surface area contributed by atoms with Gasteiger partial charge in [0.25, 0.3) is 5.56 Å². The van der Waals surface area contributed by atoms with E-state index in [0.717, 1.165) is 60.1 Å². The third-order valence-corrected chi connectivity index (χ3v) is 9.71. The SMILES string of the molecule is O=c1c2c(n(Cc3ccc(Cl)cc3)c3nnc(SCc4ccc(Cl)cc4)n13)-c1ccccc1CC21CCCC1. The van der Waals surface area contributed by atoms with Gasteiger partial charge in [0, 0.05) is 32.3 Å². The highest BCUT2D eigenvalue weighted by atomic mass is 35.5. The van der Waals surface area contributed by atoms with E-state index >= 15 is 0 Å². The standard InChI is InChI=1S/C31H26Cl2N4OS/c32-23-11-7-20(8-12-23)18-36-27-25-6-2-1-5-22(25)17-31(15-3-4-16-31)26(27)28(38)37-29(36)34-35-30(37)39-19-21-9-13-24(33)14-10-21/h1-2,5-14H,3-4,15-19H2. The molecule has 0 N–H and O–H groups in total. The molecule has 1 fully saturated rings. The van der Waals surface area contributed by atoms with Gasteiger partial charge in [-0.15, -0.1) is 10.2 Å². The van der Waals surface area contributed by atoms with Crippen LogP contribution in [0, 0.1) is 0 Å². The molecule has 196 valence electrons. The molecule has 2 heterocycles. The Morgan fingerprint density at radius 2 is 1.51 bits per heavy atom. The lowest BCUT2D eigenvalue weighted by atomic mass is 9.68. The molecule has 0 bridgehead atoms. The average molecular weight is 574 g/mol. The van der Waals surface area contributed by atoms with Crippen LogP contribution in [-0.2, 0) is 24.1 Å². The Labute approximate surface area is 240 Å². The minimum atomic E-state index is -0.168. The second-order valence-corrected chi connectivity index (χ2v) is 12.4. The Bertz CT molecular complexity index is 1750. The van der Waals surface area contributed by atoms with Gasteiger partial charge in [0.2, 0.25) is 5.78 Å². The summed E-state index contributed by atoms with van der Waals surface area (Å²) in [6.07, 6.45) is 5.21. The van der Waals surface area contributed by atoms with Crippen LogP contribution >= 0.6 is 35.0 Å². The van der Waals surface area contributed by atoms with Gasteiger partial charge in [-0.1, -0.05) is 96.3 Å². The van der Waals surface area contributed by atoms with Gasteiger partial charge < -0.3 is 4.57 Å². The molecule has 39 heavy (non-hydrogen) atoms. The second-order valence-electron chi connectivity index (χ2n) is 10.6. The van der Waals surface area contributed by atoms with Crippen LogP contribution in [0.2, 0.25) is 10.0 Å². The van der Waals surface area contributed by atoms with Crippen LogP contribution in [0.3, 0.4) is 0 Å². The first-order valence-corrected chi connectivity index (χ1v) is 15.0. The summed E-state index contributed by atoms with van der Waals surface area (Å²) in [5.74, 6) is 1.23. The summed E-state index contributed by atoms with van der Waals surface area (Å²) in [6, 6.07) is 24.2. The van der Waals surface area contributed by atoms with Crippen LogP contribution in [0.5, 0.6) is 0 Å². The van der Waals surface area contributed by atoms with Crippen molar-refractivity contribution >= 4 is 40.7 Å². The molecule has 0 aliphatic heterocycles. The molecule has 2 aromatic heterocycles. The quantitative estimate of drug-likeness (QED) is 0.204. The van der Waals surface area contributed by atoms with Crippen molar-refractivity contribution in [3.63, 3.8) is 0 Å². The maximum absolute atomic E-state index is 14.6. The molecule has 2 aliphatic rings. The first-order chi connectivity index (χ1) is 19.0. The van der Waals surface area contributed by atoms with Crippen molar-refractivity contribution in [1.29, 1.82) is 0 Å². The van der Waals surface area contributed by atoms with E-state index in [1.165, 1.54) is 17.3 Å². The molecule has 1 spiro atoms. The molecule has 3 aromatic carbocycles. The van der Waals surface area contributed by atoms with E-state index in [9.17, 15) is 4.79 Å². The number of aromatic nitrogens is 4. The van der Waals surface area contributed by atoms with Gasteiger partial charge in [0.1, 0.15) is 0 Å². The lowest BCUT2D eigenvalue weighted by Crippen LogP contribution is -2.40. The highest BCUT2D eigenvalue weighted by Gasteiger charge is 2.45. The molecule has 2 aliphatic carbocycles. The van der Waals surface area contributed by atoms with Crippen LogP contribution in [0.25, 0.3) is 17.0 Å². The summed E-state index contributed by atoms with van der Waals surface area (Å²) in [7, 11) is 0. The van der Waals surface area contributed by atoms with E-state index in [0.29, 0.717) is 33.3 Å². The zero-order valence-corrected chi connectivity index (χ0v) is 23.6. The molecule has 0 unspecified atom stereocenters.